The fourth-order valence-corrected chi connectivity index (χ4v) is 2.04. The molecule has 1 amide bonds. The molecule has 0 bridgehead atoms. The summed E-state index contributed by atoms with van der Waals surface area (Å²) in [5.41, 5.74) is 3.21. The van der Waals surface area contributed by atoms with Crippen molar-refractivity contribution in [2.75, 3.05) is 6.61 Å². The normalized spacial score (nSPS) is 11.6. The molecule has 0 aliphatic rings. The van der Waals surface area contributed by atoms with Gasteiger partial charge in [-0.05, 0) is 36.8 Å². The maximum Gasteiger partial charge on any atom is 0.328 e. The summed E-state index contributed by atoms with van der Waals surface area (Å²) in [4.78, 5) is 11.5. The molecule has 9 heteroatoms. The molecule has 0 fully saturated rings. The van der Waals surface area contributed by atoms with Crippen molar-refractivity contribution in [1.29, 1.82) is 0 Å². The van der Waals surface area contributed by atoms with Crippen LogP contribution in [0.3, 0.4) is 0 Å². The summed E-state index contributed by atoms with van der Waals surface area (Å²) in [5, 5.41) is 2.99. The van der Waals surface area contributed by atoms with Gasteiger partial charge in [0.05, 0.1) is 6.21 Å². The Kier molecular flexibility index (Phi) is 5.14. The summed E-state index contributed by atoms with van der Waals surface area (Å²) in [7, 11) is -4.40. The van der Waals surface area contributed by atoms with Crippen molar-refractivity contribution >= 4 is 22.2 Å². The standard InChI is InChI=1S/C14H14N2O6S/c1-10-3-2-4-11(7-10)21-9-13(17)16-15-8-12-5-6-14(22-12)23(18,19)20/h2-8H,9H2,1H3,(H,16,17)(H,18,19,20)/b15-8-. The van der Waals surface area contributed by atoms with E-state index in [-0.39, 0.29) is 12.4 Å². The molecule has 1 heterocycles. The topological polar surface area (TPSA) is 118 Å². The van der Waals surface area contributed by atoms with Gasteiger partial charge in [-0.15, -0.1) is 0 Å². The van der Waals surface area contributed by atoms with E-state index in [4.69, 9.17) is 13.7 Å². The monoisotopic (exact) mass is 338 g/mol. The second-order valence-electron chi connectivity index (χ2n) is 4.53. The minimum Gasteiger partial charge on any atom is -0.484 e. The molecule has 8 nitrogen and oxygen atoms in total. The lowest BCUT2D eigenvalue weighted by Crippen LogP contribution is -2.24. The third-order valence-electron chi connectivity index (χ3n) is 2.60. The first-order valence-corrected chi connectivity index (χ1v) is 7.87. The number of amides is 1. The number of benzene rings is 1. The maximum absolute atomic E-state index is 11.5. The third-order valence-corrected chi connectivity index (χ3v) is 3.32. The minimum absolute atomic E-state index is 0.0533. The Morgan fingerprint density at radius 2 is 2.17 bits per heavy atom. The van der Waals surface area contributed by atoms with Crippen LogP contribution in [-0.2, 0) is 14.9 Å². The minimum atomic E-state index is -4.40. The fourth-order valence-electron chi connectivity index (χ4n) is 1.60. The van der Waals surface area contributed by atoms with Crippen LogP contribution in [0.2, 0.25) is 0 Å². The van der Waals surface area contributed by atoms with Gasteiger partial charge in [0.1, 0.15) is 11.5 Å². The van der Waals surface area contributed by atoms with Gasteiger partial charge in [-0.2, -0.15) is 13.5 Å². The maximum atomic E-state index is 11.5. The van der Waals surface area contributed by atoms with Crippen molar-refractivity contribution in [2.45, 2.75) is 12.0 Å². The highest BCUT2D eigenvalue weighted by Gasteiger charge is 2.14. The predicted octanol–water partition coefficient (Wildman–Crippen LogP) is 1.36. The quantitative estimate of drug-likeness (QED) is 0.466. The summed E-state index contributed by atoms with van der Waals surface area (Å²) >= 11 is 0. The van der Waals surface area contributed by atoms with Crippen molar-refractivity contribution in [1.82, 2.24) is 5.43 Å². The molecule has 0 radical (unpaired) electrons. The highest BCUT2D eigenvalue weighted by molar-refractivity contribution is 7.85. The molecule has 2 rings (SSSR count). The summed E-state index contributed by atoms with van der Waals surface area (Å²) in [6.07, 6.45) is 1.10. The van der Waals surface area contributed by atoms with E-state index < -0.39 is 21.1 Å². The molecule has 0 aliphatic heterocycles. The number of aryl methyl sites for hydroxylation is 1. The van der Waals surface area contributed by atoms with E-state index >= 15 is 0 Å². The number of nitrogens with one attached hydrogen (secondary N) is 1. The average molecular weight is 338 g/mol. The van der Waals surface area contributed by atoms with Crippen LogP contribution < -0.4 is 10.2 Å². The van der Waals surface area contributed by atoms with Crippen molar-refractivity contribution in [3.05, 3.63) is 47.7 Å². The van der Waals surface area contributed by atoms with Crippen molar-refractivity contribution < 1.29 is 26.9 Å². The Hall–Kier alpha value is -2.65. The molecule has 0 saturated carbocycles. The molecule has 1 aromatic heterocycles. The summed E-state index contributed by atoms with van der Waals surface area (Å²) < 4.78 is 40.4. The lowest BCUT2D eigenvalue weighted by Gasteiger charge is -2.05. The van der Waals surface area contributed by atoms with Crippen LogP contribution in [0.25, 0.3) is 0 Å². The summed E-state index contributed by atoms with van der Waals surface area (Å²) in [5.74, 6) is 0.120. The number of ether oxygens (including phenoxy) is 1. The number of nitrogens with zero attached hydrogens (tertiary/aromatic N) is 1. The van der Waals surface area contributed by atoms with E-state index in [2.05, 4.69) is 10.5 Å². The van der Waals surface area contributed by atoms with Gasteiger partial charge in [-0.3, -0.25) is 9.35 Å². The Morgan fingerprint density at radius 1 is 1.39 bits per heavy atom. The smallest absolute Gasteiger partial charge is 0.328 e. The fraction of sp³-hybridized carbons (Fsp3) is 0.143. The lowest BCUT2D eigenvalue weighted by molar-refractivity contribution is -0.123. The van der Waals surface area contributed by atoms with Crippen LogP contribution in [0.5, 0.6) is 5.75 Å². The highest BCUT2D eigenvalue weighted by Crippen LogP contribution is 2.12. The first kappa shape index (κ1) is 16.7. The summed E-state index contributed by atoms with van der Waals surface area (Å²) in [6.45, 7) is 1.68. The van der Waals surface area contributed by atoms with Gasteiger partial charge in [-0.25, -0.2) is 5.43 Å². The molecule has 122 valence electrons. The third kappa shape index (κ3) is 5.24. The van der Waals surface area contributed by atoms with Crippen LogP contribution in [0.1, 0.15) is 11.3 Å². The van der Waals surface area contributed by atoms with E-state index in [1.807, 2.05) is 19.1 Å². The van der Waals surface area contributed by atoms with Gasteiger partial charge in [0.2, 0.25) is 5.09 Å². The average Bonchev–Trinajstić information content (AvgIpc) is 2.94. The van der Waals surface area contributed by atoms with E-state index in [1.54, 1.807) is 12.1 Å². The Labute approximate surface area is 132 Å². The van der Waals surface area contributed by atoms with E-state index in [0.29, 0.717) is 5.75 Å². The number of hydrogen-bond acceptors (Lipinski definition) is 6. The predicted molar refractivity (Wildman–Crippen MR) is 80.9 cm³/mol. The first-order chi connectivity index (χ1) is 10.8. The van der Waals surface area contributed by atoms with Gasteiger partial charge in [0.25, 0.3) is 5.91 Å². The second-order valence-corrected chi connectivity index (χ2v) is 5.88. The summed E-state index contributed by atoms with van der Waals surface area (Å²) in [6, 6.07) is 9.58. The lowest BCUT2D eigenvalue weighted by atomic mass is 10.2. The molecule has 2 N–H and O–H groups in total. The van der Waals surface area contributed by atoms with Gasteiger partial charge >= 0.3 is 10.1 Å². The van der Waals surface area contributed by atoms with Crippen LogP contribution in [0.15, 0.2) is 51.0 Å². The van der Waals surface area contributed by atoms with E-state index in [1.165, 1.54) is 6.07 Å². The number of carbonyl (C=O) groups excluding carboxylic acids is 1. The largest absolute Gasteiger partial charge is 0.484 e. The number of hydrazone groups is 1. The van der Waals surface area contributed by atoms with Crippen molar-refractivity contribution in [3.63, 3.8) is 0 Å². The molecule has 0 aliphatic carbocycles. The van der Waals surface area contributed by atoms with Crippen LogP contribution in [-0.4, -0.2) is 31.7 Å². The first-order valence-electron chi connectivity index (χ1n) is 6.43. The van der Waals surface area contributed by atoms with Crippen LogP contribution in [0, 0.1) is 6.92 Å². The number of carbonyl (C=O) groups is 1. The number of rotatable bonds is 6. The molecule has 0 unspecified atom stereocenters. The Balaban J connectivity index is 1.83. The van der Waals surface area contributed by atoms with E-state index in [0.717, 1.165) is 17.8 Å². The van der Waals surface area contributed by atoms with Gasteiger partial charge in [0, 0.05) is 0 Å². The molecule has 0 atom stereocenters. The Bertz CT molecular complexity index is 825. The van der Waals surface area contributed by atoms with Gasteiger partial charge < -0.3 is 9.15 Å². The highest BCUT2D eigenvalue weighted by atomic mass is 32.2. The zero-order chi connectivity index (χ0) is 16.9. The molecule has 0 saturated heterocycles. The molecule has 1 aromatic carbocycles. The zero-order valence-electron chi connectivity index (χ0n) is 12.1. The Morgan fingerprint density at radius 3 is 2.83 bits per heavy atom. The SMILES string of the molecule is Cc1cccc(OCC(=O)N/N=C\c2ccc(S(=O)(=O)O)o2)c1. The van der Waals surface area contributed by atoms with Crippen molar-refractivity contribution in [3.8, 4) is 5.75 Å². The molecule has 2 aromatic rings. The molecule has 23 heavy (non-hydrogen) atoms. The van der Waals surface area contributed by atoms with Gasteiger partial charge in [0.15, 0.2) is 6.61 Å². The number of furan rings is 1. The second kappa shape index (κ2) is 7.07. The zero-order valence-corrected chi connectivity index (χ0v) is 12.9. The molecule has 0 spiro atoms. The van der Waals surface area contributed by atoms with Crippen LogP contribution >= 0.6 is 0 Å². The number of hydrogen-bond donors (Lipinski definition) is 2. The van der Waals surface area contributed by atoms with Gasteiger partial charge in [-0.1, -0.05) is 12.1 Å². The van der Waals surface area contributed by atoms with Crippen molar-refractivity contribution in [2.24, 2.45) is 5.10 Å². The molecular formula is C14H14N2O6S. The van der Waals surface area contributed by atoms with E-state index in [9.17, 15) is 13.2 Å². The van der Waals surface area contributed by atoms with Crippen LogP contribution in [0.4, 0.5) is 0 Å². The molecular weight excluding hydrogens is 324 g/mol.